The van der Waals surface area contributed by atoms with E-state index >= 15 is 0 Å². The molecule has 7 nitrogen and oxygen atoms in total. The zero-order chi connectivity index (χ0) is 26.4. The van der Waals surface area contributed by atoms with E-state index in [0.29, 0.717) is 25.0 Å². The van der Waals surface area contributed by atoms with E-state index in [1.807, 2.05) is 0 Å². The highest BCUT2D eigenvalue weighted by atomic mass is 35.5. The van der Waals surface area contributed by atoms with E-state index in [-0.39, 0.29) is 40.6 Å². The maximum absolute atomic E-state index is 13.7. The largest absolute Gasteiger partial charge is 0.463 e. The molecule has 0 aromatic heterocycles. The first-order chi connectivity index (χ1) is 16.8. The van der Waals surface area contributed by atoms with Crippen LogP contribution in [0.3, 0.4) is 0 Å². The van der Waals surface area contributed by atoms with Crippen LogP contribution in [0.2, 0.25) is 5.02 Å². The monoisotopic (exact) mass is 545 g/mol. The molecule has 2 N–H and O–H groups in total. The van der Waals surface area contributed by atoms with Crippen molar-refractivity contribution in [2.24, 2.45) is 11.8 Å². The van der Waals surface area contributed by atoms with Gasteiger partial charge in [-0.05, 0) is 55.7 Å². The number of anilines is 1. The molecular weight excluding hydrogens is 523 g/mol. The van der Waals surface area contributed by atoms with E-state index in [9.17, 15) is 36.3 Å². The molecule has 2 atom stereocenters. The molecule has 0 heterocycles. The number of amides is 1. The lowest BCUT2D eigenvalue weighted by molar-refractivity contribution is -0.152. The van der Waals surface area contributed by atoms with Crippen molar-refractivity contribution >= 4 is 39.0 Å². The summed E-state index contributed by atoms with van der Waals surface area (Å²) in [4.78, 5) is 23.6. The van der Waals surface area contributed by atoms with Crippen LogP contribution in [0.15, 0.2) is 35.2 Å². The third-order valence-corrected chi connectivity index (χ3v) is 9.64. The molecule has 4 rings (SSSR count). The van der Waals surface area contributed by atoms with Crippen molar-refractivity contribution in [2.45, 2.75) is 48.4 Å². The van der Waals surface area contributed by atoms with Crippen LogP contribution in [0.5, 0.6) is 0 Å². The van der Waals surface area contributed by atoms with Crippen molar-refractivity contribution in [3.8, 4) is 0 Å². The van der Waals surface area contributed by atoms with Crippen molar-refractivity contribution < 1.29 is 41.0 Å². The van der Waals surface area contributed by atoms with Crippen molar-refractivity contribution in [1.82, 2.24) is 0 Å². The summed E-state index contributed by atoms with van der Waals surface area (Å²) in [6, 6.07) is 4.76. The lowest BCUT2D eigenvalue weighted by Crippen LogP contribution is -2.48. The Kier molecular flexibility index (Phi) is 7.11. The number of nitrogens with one attached hydrogen (secondary N) is 1. The molecule has 36 heavy (non-hydrogen) atoms. The minimum atomic E-state index is -4.06. The predicted molar refractivity (Wildman–Crippen MR) is 124 cm³/mol. The van der Waals surface area contributed by atoms with E-state index in [4.69, 9.17) is 16.3 Å². The maximum Gasteiger partial charge on any atom is 0.302 e. The highest BCUT2D eigenvalue weighted by molar-refractivity contribution is 7.92. The predicted octanol–water partition coefficient (Wildman–Crippen LogP) is 4.27. The average Bonchev–Trinajstić information content (AvgIpc) is 3.09. The molecule has 194 valence electrons. The quantitative estimate of drug-likeness (QED) is 0.414. The number of sulfone groups is 1. The normalized spacial score (nSPS) is 25.4. The first kappa shape index (κ1) is 26.4. The lowest BCUT2D eigenvalue weighted by Gasteiger charge is -2.40. The Labute approximate surface area is 210 Å². The Morgan fingerprint density at radius 2 is 1.69 bits per heavy atom. The van der Waals surface area contributed by atoms with Crippen molar-refractivity contribution in [1.29, 1.82) is 0 Å². The number of ether oxygens (including phenoxy) is 1. The van der Waals surface area contributed by atoms with Gasteiger partial charge >= 0.3 is 5.97 Å². The van der Waals surface area contributed by atoms with Gasteiger partial charge in [-0.15, -0.1) is 0 Å². The molecule has 2 fully saturated rings. The fourth-order valence-corrected chi connectivity index (χ4v) is 8.18. The number of aliphatic hydroxyl groups is 1. The fraction of sp³-hybridized carbons (Fsp3) is 0.417. The molecule has 0 saturated heterocycles. The van der Waals surface area contributed by atoms with Gasteiger partial charge in [0.25, 0.3) is 5.91 Å². The van der Waals surface area contributed by atoms with Crippen molar-refractivity contribution in [3.05, 3.63) is 58.4 Å². The number of rotatable bonds is 6. The van der Waals surface area contributed by atoms with Crippen molar-refractivity contribution in [3.63, 3.8) is 0 Å². The van der Waals surface area contributed by atoms with Crippen molar-refractivity contribution in [2.75, 3.05) is 11.9 Å². The SMILES string of the molecule is CC(=O)OCC1(O)CC2CCC(C1)C2S(=O)(=O)c1cc(C(=O)Nc2cc(F)c(F)c(F)c2)ccc1Cl. The van der Waals surface area contributed by atoms with E-state index in [1.54, 1.807) is 0 Å². The number of carbonyl (C=O) groups is 2. The minimum absolute atomic E-state index is 0.106. The van der Waals surface area contributed by atoms with Gasteiger partial charge in [-0.3, -0.25) is 9.59 Å². The van der Waals surface area contributed by atoms with E-state index in [2.05, 4.69) is 5.32 Å². The summed E-state index contributed by atoms with van der Waals surface area (Å²) in [6.45, 7) is 1.01. The molecule has 2 saturated carbocycles. The fourth-order valence-electron chi connectivity index (χ4n) is 5.34. The maximum atomic E-state index is 13.7. The molecule has 2 aliphatic carbocycles. The summed E-state index contributed by atoms with van der Waals surface area (Å²) in [7, 11) is -4.06. The van der Waals surface area contributed by atoms with Gasteiger partial charge in [0.2, 0.25) is 0 Å². The molecule has 0 radical (unpaired) electrons. The minimum Gasteiger partial charge on any atom is -0.463 e. The van der Waals surface area contributed by atoms with Gasteiger partial charge in [0, 0.05) is 30.3 Å². The average molecular weight is 546 g/mol. The first-order valence-electron chi connectivity index (χ1n) is 11.2. The molecule has 0 aliphatic heterocycles. The lowest BCUT2D eigenvalue weighted by atomic mass is 9.77. The number of hydrogen-bond acceptors (Lipinski definition) is 6. The molecule has 2 aliphatic rings. The Morgan fingerprint density at radius 3 is 2.25 bits per heavy atom. The van der Waals surface area contributed by atoms with Crippen LogP contribution in [-0.2, 0) is 19.4 Å². The molecular formula is C24H23ClF3NO6S. The van der Waals surface area contributed by atoms with Gasteiger partial charge in [0.15, 0.2) is 27.3 Å². The zero-order valence-corrected chi connectivity index (χ0v) is 20.6. The van der Waals surface area contributed by atoms with Gasteiger partial charge in [0.1, 0.15) is 6.61 Å². The smallest absolute Gasteiger partial charge is 0.302 e. The molecule has 2 unspecified atom stereocenters. The van der Waals surface area contributed by atoms with Gasteiger partial charge in [-0.25, -0.2) is 21.6 Å². The Morgan fingerprint density at radius 1 is 1.11 bits per heavy atom. The summed E-state index contributed by atoms with van der Waals surface area (Å²) in [5.74, 6) is -6.91. The third kappa shape index (κ3) is 5.09. The summed E-state index contributed by atoms with van der Waals surface area (Å²) in [5, 5.41) is 12.1. The van der Waals surface area contributed by atoms with Crippen LogP contribution in [0.1, 0.15) is 43.0 Å². The van der Waals surface area contributed by atoms with Gasteiger partial charge in [0.05, 0.1) is 20.8 Å². The van der Waals surface area contributed by atoms with Gasteiger partial charge in [-0.1, -0.05) is 11.6 Å². The molecule has 2 aromatic carbocycles. The Bertz CT molecular complexity index is 1300. The van der Waals surface area contributed by atoms with Gasteiger partial charge < -0.3 is 15.2 Å². The summed E-state index contributed by atoms with van der Waals surface area (Å²) >= 11 is 6.22. The van der Waals surface area contributed by atoms with Crippen LogP contribution < -0.4 is 5.32 Å². The molecule has 0 spiro atoms. The second-order valence-corrected chi connectivity index (χ2v) is 11.9. The topological polar surface area (TPSA) is 110 Å². The van der Waals surface area contributed by atoms with Crippen LogP contribution in [0.4, 0.5) is 18.9 Å². The van der Waals surface area contributed by atoms with E-state index < -0.39 is 61.9 Å². The summed E-state index contributed by atoms with van der Waals surface area (Å²) in [6.07, 6.45) is 1.35. The number of esters is 1. The highest BCUT2D eigenvalue weighted by Crippen LogP contribution is 2.51. The summed E-state index contributed by atoms with van der Waals surface area (Å²) < 4.78 is 72.5. The second kappa shape index (κ2) is 9.68. The number of hydrogen-bond donors (Lipinski definition) is 2. The van der Waals surface area contributed by atoms with E-state index in [0.717, 1.165) is 6.07 Å². The standard InChI is InChI=1S/C24H23ClF3NO6S/c1-12(30)35-11-24(32)9-14-2-3-15(10-24)22(14)36(33,34)20-6-13(4-5-17(20)25)23(31)29-16-7-18(26)21(28)19(27)8-16/h4-8,14-15,22,32H,2-3,9-11H2,1H3,(H,29,31). The zero-order valence-electron chi connectivity index (χ0n) is 19.1. The number of halogens is 4. The molecule has 1 amide bonds. The Balaban J connectivity index is 1.59. The molecule has 2 aromatic rings. The summed E-state index contributed by atoms with van der Waals surface area (Å²) in [5.41, 5.74) is -1.82. The van der Waals surface area contributed by atoms with Gasteiger partial charge in [-0.2, -0.15) is 0 Å². The van der Waals surface area contributed by atoms with Crippen LogP contribution >= 0.6 is 11.6 Å². The van der Waals surface area contributed by atoms with Crippen LogP contribution in [0.25, 0.3) is 0 Å². The number of benzene rings is 2. The number of carbonyl (C=O) groups excluding carboxylic acids is 2. The molecule has 2 bridgehead atoms. The second-order valence-electron chi connectivity index (χ2n) is 9.37. The van der Waals surface area contributed by atoms with Crippen LogP contribution in [0, 0.1) is 29.3 Å². The van der Waals surface area contributed by atoms with E-state index in [1.165, 1.54) is 19.1 Å². The molecule has 12 heteroatoms. The Hall–Kier alpha value is -2.63. The highest BCUT2D eigenvalue weighted by Gasteiger charge is 2.54. The number of fused-ring (bicyclic) bond motifs is 2. The third-order valence-electron chi connectivity index (χ3n) is 6.77. The van der Waals surface area contributed by atoms with Crippen LogP contribution in [-0.4, -0.2) is 42.9 Å². The first-order valence-corrected chi connectivity index (χ1v) is 13.1.